The first-order chi connectivity index (χ1) is 9.79. The molecular formula is C15H17ClN2O2S. The third-order valence-electron chi connectivity index (χ3n) is 3.23. The second-order valence-corrected chi connectivity index (χ2v) is 7.12. The van der Waals surface area contributed by atoms with E-state index in [1.807, 2.05) is 39.0 Å². The van der Waals surface area contributed by atoms with Crippen molar-refractivity contribution in [2.75, 3.05) is 0 Å². The highest BCUT2D eigenvalue weighted by atomic mass is 35.5. The zero-order valence-corrected chi connectivity index (χ0v) is 13.7. The largest absolute Gasteiger partial charge is 0.244 e. The molecule has 0 aliphatic heterocycles. The number of nitrogens with one attached hydrogen (secondary N) is 1. The molecule has 1 heterocycles. The molecule has 0 fully saturated rings. The quantitative estimate of drug-likeness (QED) is 0.877. The molecule has 4 nitrogen and oxygen atoms in total. The first kappa shape index (κ1) is 15.9. The van der Waals surface area contributed by atoms with E-state index in [0.29, 0.717) is 0 Å². The number of halogens is 1. The van der Waals surface area contributed by atoms with Gasteiger partial charge < -0.3 is 0 Å². The molecule has 0 bridgehead atoms. The minimum absolute atomic E-state index is 0.110. The van der Waals surface area contributed by atoms with Crippen LogP contribution in [0.2, 0.25) is 5.15 Å². The average molecular weight is 325 g/mol. The second-order valence-electron chi connectivity index (χ2n) is 5.02. The lowest BCUT2D eigenvalue weighted by atomic mass is 10.0. The zero-order chi connectivity index (χ0) is 15.6. The molecule has 0 saturated carbocycles. The monoisotopic (exact) mass is 324 g/mol. The van der Waals surface area contributed by atoms with Gasteiger partial charge in [0.2, 0.25) is 10.0 Å². The summed E-state index contributed by atoms with van der Waals surface area (Å²) in [4.78, 5) is 3.90. The van der Waals surface area contributed by atoms with Crippen molar-refractivity contribution in [1.29, 1.82) is 0 Å². The van der Waals surface area contributed by atoms with Gasteiger partial charge in [-0.25, -0.2) is 18.1 Å². The molecule has 6 heteroatoms. The van der Waals surface area contributed by atoms with E-state index in [1.165, 1.54) is 18.3 Å². The van der Waals surface area contributed by atoms with Crippen LogP contribution in [0.25, 0.3) is 0 Å². The first-order valence-electron chi connectivity index (χ1n) is 6.50. The van der Waals surface area contributed by atoms with E-state index < -0.39 is 10.0 Å². The molecule has 1 atom stereocenters. The summed E-state index contributed by atoms with van der Waals surface area (Å²) in [6.07, 6.45) is 1.37. The zero-order valence-electron chi connectivity index (χ0n) is 12.1. The van der Waals surface area contributed by atoms with Crippen LogP contribution in [0.15, 0.2) is 41.4 Å². The fraction of sp³-hybridized carbons (Fsp3) is 0.267. The normalized spacial score (nSPS) is 13.1. The molecule has 1 aromatic carbocycles. The highest BCUT2D eigenvalue weighted by Gasteiger charge is 2.19. The van der Waals surface area contributed by atoms with Gasteiger partial charge in [-0.2, -0.15) is 0 Å². The number of nitrogens with zero attached hydrogens (tertiary/aromatic N) is 1. The first-order valence-corrected chi connectivity index (χ1v) is 8.37. The van der Waals surface area contributed by atoms with Crippen LogP contribution in [0.1, 0.15) is 29.7 Å². The molecule has 1 N–H and O–H groups in total. The standard InChI is InChI=1S/C15H17ClN2O2S/c1-10-4-5-14(11(2)8-10)12(3)18-21(19,20)13-6-7-17-15(16)9-13/h4-9,12,18H,1-3H3. The third-order valence-corrected chi connectivity index (χ3v) is 4.98. The number of aromatic nitrogens is 1. The third kappa shape index (κ3) is 3.81. The van der Waals surface area contributed by atoms with Crippen LogP contribution in [0.3, 0.4) is 0 Å². The van der Waals surface area contributed by atoms with Crippen LogP contribution < -0.4 is 4.72 Å². The van der Waals surface area contributed by atoms with Gasteiger partial charge >= 0.3 is 0 Å². The Bertz CT molecular complexity index is 760. The van der Waals surface area contributed by atoms with Crippen molar-refractivity contribution in [3.8, 4) is 0 Å². The summed E-state index contributed by atoms with van der Waals surface area (Å²) in [5.74, 6) is 0. The van der Waals surface area contributed by atoms with E-state index in [2.05, 4.69) is 9.71 Å². The Hall–Kier alpha value is -1.43. The maximum Gasteiger partial charge on any atom is 0.241 e. The maximum absolute atomic E-state index is 12.3. The van der Waals surface area contributed by atoms with Gasteiger partial charge in [-0.05, 0) is 44.0 Å². The van der Waals surface area contributed by atoms with E-state index in [0.717, 1.165) is 16.7 Å². The predicted molar refractivity (Wildman–Crippen MR) is 83.9 cm³/mol. The fourth-order valence-corrected chi connectivity index (χ4v) is 3.70. The van der Waals surface area contributed by atoms with Gasteiger partial charge in [0, 0.05) is 12.2 Å². The Kier molecular flexibility index (Phi) is 4.66. The van der Waals surface area contributed by atoms with Crippen molar-refractivity contribution < 1.29 is 8.42 Å². The SMILES string of the molecule is Cc1ccc(C(C)NS(=O)(=O)c2ccnc(Cl)c2)c(C)c1. The summed E-state index contributed by atoms with van der Waals surface area (Å²) >= 11 is 5.74. The molecule has 1 aromatic heterocycles. The smallest absolute Gasteiger partial charge is 0.241 e. The van der Waals surface area contributed by atoms with E-state index in [1.54, 1.807) is 0 Å². The Labute approximate surface area is 130 Å². The van der Waals surface area contributed by atoms with Gasteiger partial charge in [0.15, 0.2) is 0 Å². The molecule has 0 saturated heterocycles. The van der Waals surface area contributed by atoms with Crippen LogP contribution in [-0.2, 0) is 10.0 Å². The van der Waals surface area contributed by atoms with Gasteiger partial charge in [0.1, 0.15) is 5.15 Å². The summed E-state index contributed by atoms with van der Waals surface area (Å²) < 4.78 is 27.4. The Morgan fingerprint density at radius 3 is 2.52 bits per heavy atom. The van der Waals surface area contributed by atoms with Gasteiger partial charge in [-0.3, -0.25) is 0 Å². The maximum atomic E-state index is 12.3. The van der Waals surface area contributed by atoms with Crippen molar-refractivity contribution >= 4 is 21.6 Å². The van der Waals surface area contributed by atoms with Crippen molar-refractivity contribution in [3.05, 3.63) is 58.4 Å². The molecule has 0 aliphatic rings. The highest BCUT2D eigenvalue weighted by Crippen LogP contribution is 2.21. The molecule has 0 radical (unpaired) electrons. The summed E-state index contributed by atoms with van der Waals surface area (Å²) in [5.41, 5.74) is 3.15. The van der Waals surface area contributed by atoms with Crippen LogP contribution in [0.4, 0.5) is 0 Å². The molecule has 21 heavy (non-hydrogen) atoms. The Balaban J connectivity index is 2.28. The molecule has 0 amide bonds. The van der Waals surface area contributed by atoms with Gasteiger partial charge in [0.05, 0.1) is 4.90 Å². The summed E-state index contributed by atoms with van der Waals surface area (Å²) in [5, 5.41) is 0.150. The topological polar surface area (TPSA) is 59.1 Å². The summed E-state index contributed by atoms with van der Waals surface area (Å²) in [6.45, 7) is 5.79. The Morgan fingerprint density at radius 2 is 1.90 bits per heavy atom. The molecular weight excluding hydrogens is 308 g/mol. The predicted octanol–water partition coefficient (Wildman–Crippen LogP) is 3.39. The van der Waals surface area contributed by atoms with Crippen molar-refractivity contribution in [1.82, 2.24) is 9.71 Å². The minimum Gasteiger partial charge on any atom is -0.244 e. The summed E-state index contributed by atoms with van der Waals surface area (Å²) in [6, 6.07) is 8.36. The molecule has 2 rings (SSSR count). The van der Waals surface area contributed by atoms with E-state index >= 15 is 0 Å². The number of rotatable bonds is 4. The van der Waals surface area contributed by atoms with E-state index in [4.69, 9.17) is 11.6 Å². The lowest BCUT2D eigenvalue weighted by Crippen LogP contribution is -2.27. The molecule has 112 valence electrons. The van der Waals surface area contributed by atoms with Gasteiger partial charge in [0.25, 0.3) is 0 Å². The van der Waals surface area contributed by atoms with Crippen LogP contribution in [0.5, 0.6) is 0 Å². The molecule has 0 spiro atoms. The van der Waals surface area contributed by atoms with Crippen molar-refractivity contribution in [2.24, 2.45) is 0 Å². The Morgan fingerprint density at radius 1 is 1.19 bits per heavy atom. The number of sulfonamides is 1. The van der Waals surface area contributed by atoms with Gasteiger partial charge in [-0.1, -0.05) is 35.4 Å². The number of benzene rings is 1. The highest BCUT2D eigenvalue weighted by molar-refractivity contribution is 7.89. The number of pyridine rings is 1. The number of hydrogen-bond donors (Lipinski definition) is 1. The number of aryl methyl sites for hydroxylation is 2. The minimum atomic E-state index is -3.63. The lowest BCUT2D eigenvalue weighted by molar-refractivity contribution is 0.566. The van der Waals surface area contributed by atoms with Crippen LogP contribution in [-0.4, -0.2) is 13.4 Å². The van der Waals surface area contributed by atoms with E-state index in [9.17, 15) is 8.42 Å². The average Bonchev–Trinajstić information content (AvgIpc) is 2.37. The molecule has 0 aliphatic carbocycles. The molecule has 1 unspecified atom stereocenters. The van der Waals surface area contributed by atoms with Crippen molar-refractivity contribution in [2.45, 2.75) is 31.7 Å². The van der Waals surface area contributed by atoms with Gasteiger partial charge in [-0.15, -0.1) is 0 Å². The van der Waals surface area contributed by atoms with Crippen LogP contribution in [0, 0.1) is 13.8 Å². The number of hydrogen-bond acceptors (Lipinski definition) is 3. The van der Waals surface area contributed by atoms with Crippen LogP contribution >= 0.6 is 11.6 Å². The van der Waals surface area contributed by atoms with Crippen molar-refractivity contribution in [3.63, 3.8) is 0 Å². The fourth-order valence-electron chi connectivity index (χ4n) is 2.23. The lowest BCUT2D eigenvalue weighted by Gasteiger charge is -2.17. The van der Waals surface area contributed by atoms with E-state index in [-0.39, 0.29) is 16.1 Å². The second kappa shape index (κ2) is 6.13. The summed E-state index contributed by atoms with van der Waals surface area (Å²) in [7, 11) is -3.63. The molecule has 2 aromatic rings.